The maximum absolute atomic E-state index is 12.3. The standard InChI is InChI=1S/C12H18ClN3O/c1-8-9(11(13)16(2)15-8)6-10(17)12(7-14)4-3-5-12/h3-7,14H2,1-2H3. The van der Waals surface area contributed by atoms with Gasteiger partial charge in [-0.05, 0) is 19.8 Å². The first kappa shape index (κ1) is 12.6. The topological polar surface area (TPSA) is 60.9 Å². The molecule has 1 aliphatic carbocycles. The normalized spacial score (nSPS) is 17.9. The zero-order valence-corrected chi connectivity index (χ0v) is 11.0. The third kappa shape index (κ3) is 2.00. The maximum Gasteiger partial charge on any atom is 0.144 e. The molecule has 2 rings (SSSR count). The van der Waals surface area contributed by atoms with Crippen LogP contribution in [-0.2, 0) is 18.3 Å². The summed E-state index contributed by atoms with van der Waals surface area (Å²) in [5.41, 5.74) is 7.12. The summed E-state index contributed by atoms with van der Waals surface area (Å²) in [5.74, 6) is 0.212. The van der Waals surface area contributed by atoms with Crippen LogP contribution in [0.1, 0.15) is 30.5 Å². The number of carbonyl (C=O) groups excluding carboxylic acids is 1. The molecule has 0 saturated heterocycles. The van der Waals surface area contributed by atoms with Crippen LogP contribution >= 0.6 is 11.6 Å². The molecule has 1 aromatic heterocycles. The van der Waals surface area contributed by atoms with Crippen molar-refractivity contribution in [2.45, 2.75) is 32.6 Å². The van der Waals surface area contributed by atoms with Crippen molar-refractivity contribution in [2.24, 2.45) is 18.2 Å². The zero-order valence-electron chi connectivity index (χ0n) is 10.3. The van der Waals surface area contributed by atoms with E-state index in [1.165, 1.54) is 0 Å². The Morgan fingerprint density at radius 1 is 1.59 bits per heavy atom. The minimum atomic E-state index is -0.286. The number of nitrogens with two attached hydrogens (primary N) is 1. The summed E-state index contributed by atoms with van der Waals surface area (Å²) < 4.78 is 1.61. The van der Waals surface area contributed by atoms with Crippen LogP contribution in [0.15, 0.2) is 0 Å². The zero-order chi connectivity index (χ0) is 12.6. The first-order valence-electron chi connectivity index (χ1n) is 5.91. The van der Waals surface area contributed by atoms with Crippen LogP contribution in [0.25, 0.3) is 0 Å². The average molecular weight is 256 g/mol. The third-order valence-electron chi connectivity index (χ3n) is 3.90. The van der Waals surface area contributed by atoms with Crippen molar-refractivity contribution in [3.05, 3.63) is 16.4 Å². The Labute approximate surface area is 106 Å². The lowest BCUT2D eigenvalue weighted by atomic mass is 9.65. The number of rotatable bonds is 4. The predicted octanol–water partition coefficient (Wildman–Crippen LogP) is 1.62. The van der Waals surface area contributed by atoms with E-state index in [1.54, 1.807) is 11.7 Å². The maximum atomic E-state index is 12.3. The number of Topliss-reactive ketones (excluding diaryl/α,β-unsaturated/α-hetero) is 1. The molecule has 0 amide bonds. The lowest BCUT2D eigenvalue weighted by Crippen LogP contribution is -2.45. The number of hydrogen-bond donors (Lipinski definition) is 1. The van der Waals surface area contributed by atoms with Crippen LogP contribution < -0.4 is 5.73 Å². The van der Waals surface area contributed by atoms with E-state index in [-0.39, 0.29) is 11.2 Å². The lowest BCUT2D eigenvalue weighted by Gasteiger charge is -2.39. The highest BCUT2D eigenvalue weighted by Gasteiger charge is 2.42. The molecular weight excluding hydrogens is 238 g/mol. The van der Waals surface area contributed by atoms with E-state index in [9.17, 15) is 4.79 Å². The van der Waals surface area contributed by atoms with Gasteiger partial charge in [-0.15, -0.1) is 0 Å². The summed E-state index contributed by atoms with van der Waals surface area (Å²) in [6.07, 6.45) is 3.29. The Morgan fingerprint density at radius 3 is 2.59 bits per heavy atom. The third-order valence-corrected chi connectivity index (χ3v) is 4.37. The van der Waals surface area contributed by atoms with E-state index in [2.05, 4.69) is 5.10 Å². The number of aryl methyl sites for hydroxylation is 2. The number of carbonyl (C=O) groups is 1. The molecule has 0 aromatic carbocycles. The van der Waals surface area contributed by atoms with Gasteiger partial charge in [-0.25, -0.2) is 0 Å². The van der Waals surface area contributed by atoms with Crippen molar-refractivity contribution in [3.8, 4) is 0 Å². The van der Waals surface area contributed by atoms with Gasteiger partial charge in [-0.2, -0.15) is 5.10 Å². The molecule has 1 saturated carbocycles. The fourth-order valence-electron chi connectivity index (χ4n) is 2.42. The summed E-state index contributed by atoms with van der Waals surface area (Å²) in [7, 11) is 1.78. The highest BCUT2D eigenvalue weighted by molar-refractivity contribution is 6.30. The number of ketones is 1. The van der Waals surface area contributed by atoms with E-state index < -0.39 is 0 Å². The minimum absolute atomic E-state index is 0.212. The van der Waals surface area contributed by atoms with Crippen LogP contribution in [0.5, 0.6) is 0 Å². The second-order valence-corrected chi connectivity index (χ2v) is 5.27. The van der Waals surface area contributed by atoms with Gasteiger partial charge in [0.25, 0.3) is 0 Å². The molecule has 1 aliphatic rings. The van der Waals surface area contributed by atoms with Crippen LogP contribution in [0, 0.1) is 12.3 Å². The Hall–Kier alpha value is -0.870. The fraction of sp³-hybridized carbons (Fsp3) is 0.667. The molecule has 17 heavy (non-hydrogen) atoms. The number of nitrogens with zero attached hydrogens (tertiary/aromatic N) is 2. The SMILES string of the molecule is Cc1nn(C)c(Cl)c1CC(=O)C1(CN)CCC1. The van der Waals surface area contributed by atoms with Gasteiger partial charge >= 0.3 is 0 Å². The van der Waals surface area contributed by atoms with Crippen molar-refractivity contribution in [2.75, 3.05) is 6.54 Å². The molecule has 94 valence electrons. The van der Waals surface area contributed by atoms with Gasteiger partial charge in [0.1, 0.15) is 10.9 Å². The van der Waals surface area contributed by atoms with Crippen LogP contribution in [0.4, 0.5) is 0 Å². The predicted molar refractivity (Wildman–Crippen MR) is 67.0 cm³/mol. The van der Waals surface area contributed by atoms with Gasteiger partial charge in [-0.1, -0.05) is 18.0 Å². The van der Waals surface area contributed by atoms with E-state index in [0.29, 0.717) is 18.1 Å². The van der Waals surface area contributed by atoms with Crippen LogP contribution in [0.2, 0.25) is 5.15 Å². The molecule has 0 spiro atoms. The van der Waals surface area contributed by atoms with Crippen molar-refractivity contribution < 1.29 is 4.79 Å². The second kappa shape index (κ2) is 4.42. The largest absolute Gasteiger partial charge is 0.329 e. The molecule has 0 radical (unpaired) electrons. The minimum Gasteiger partial charge on any atom is -0.329 e. The molecule has 0 aliphatic heterocycles. The van der Waals surface area contributed by atoms with E-state index in [4.69, 9.17) is 17.3 Å². The van der Waals surface area contributed by atoms with Crippen molar-refractivity contribution in [1.29, 1.82) is 0 Å². The monoisotopic (exact) mass is 255 g/mol. The molecule has 0 bridgehead atoms. The van der Waals surface area contributed by atoms with Crippen molar-refractivity contribution in [3.63, 3.8) is 0 Å². The Balaban J connectivity index is 2.18. The summed E-state index contributed by atoms with van der Waals surface area (Å²) in [6, 6.07) is 0. The molecule has 4 nitrogen and oxygen atoms in total. The summed E-state index contributed by atoms with van der Waals surface area (Å²) in [6.45, 7) is 2.33. The molecule has 1 fully saturated rings. The van der Waals surface area contributed by atoms with Gasteiger partial charge in [0.15, 0.2) is 0 Å². The Morgan fingerprint density at radius 2 is 2.24 bits per heavy atom. The summed E-state index contributed by atoms with van der Waals surface area (Å²) in [4.78, 5) is 12.3. The van der Waals surface area contributed by atoms with Gasteiger partial charge in [-0.3, -0.25) is 9.48 Å². The first-order valence-corrected chi connectivity index (χ1v) is 6.29. The second-order valence-electron chi connectivity index (χ2n) is 4.92. The van der Waals surface area contributed by atoms with Gasteiger partial charge in [0, 0.05) is 31.0 Å². The molecule has 2 N–H and O–H groups in total. The number of halogens is 1. The smallest absolute Gasteiger partial charge is 0.144 e. The Kier molecular flexibility index (Phi) is 3.27. The van der Waals surface area contributed by atoms with Gasteiger partial charge in [0.05, 0.1) is 5.69 Å². The first-order chi connectivity index (χ1) is 8.00. The van der Waals surface area contributed by atoms with Gasteiger partial charge < -0.3 is 5.73 Å². The van der Waals surface area contributed by atoms with Gasteiger partial charge in [0.2, 0.25) is 0 Å². The molecule has 5 heteroatoms. The number of hydrogen-bond acceptors (Lipinski definition) is 3. The van der Waals surface area contributed by atoms with E-state index in [1.807, 2.05) is 6.92 Å². The summed E-state index contributed by atoms with van der Waals surface area (Å²) in [5, 5.41) is 4.77. The molecule has 1 heterocycles. The fourth-order valence-corrected chi connectivity index (χ4v) is 2.66. The Bertz CT molecular complexity index is 443. The molecular formula is C12H18ClN3O. The quantitative estimate of drug-likeness (QED) is 0.890. The highest BCUT2D eigenvalue weighted by atomic mass is 35.5. The van der Waals surface area contributed by atoms with Crippen LogP contribution in [0.3, 0.4) is 0 Å². The highest BCUT2D eigenvalue weighted by Crippen LogP contribution is 2.41. The molecule has 1 aromatic rings. The van der Waals surface area contributed by atoms with E-state index >= 15 is 0 Å². The molecule has 0 unspecified atom stereocenters. The average Bonchev–Trinajstić information content (AvgIpc) is 2.44. The summed E-state index contributed by atoms with van der Waals surface area (Å²) >= 11 is 6.13. The van der Waals surface area contributed by atoms with Crippen molar-refractivity contribution in [1.82, 2.24) is 9.78 Å². The van der Waals surface area contributed by atoms with Crippen LogP contribution in [-0.4, -0.2) is 22.1 Å². The molecule has 0 atom stereocenters. The number of aromatic nitrogens is 2. The van der Waals surface area contributed by atoms with E-state index in [0.717, 1.165) is 30.5 Å². The van der Waals surface area contributed by atoms with Crippen molar-refractivity contribution >= 4 is 17.4 Å². The lowest BCUT2D eigenvalue weighted by molar-refractivity contribution is -0.132.